The van der Waals surface area contributed by atoms with Gasteiger partial charge in [-0.3, -0.25) is 0 Å². The van der Waals surface area contributed by atoms with Crippen molar-refractivity contribution in [1.82, 2.24) is 9.56 Å². The third-order valence-electron chi connectivity index (χ3n) is 5.24. The molecule has 0 spiro atoms. The Hall–Kier alpha value is -3.36. The Morgan fingerprint density at radius 3 is 2.45 bits per heavy atom. The quantitative estimate of drug-likeness (QED) is 0.222. The van der Waals surface area contributed by atoms with Gasteiger partial charge >= 0.3 is 11.7 Å². The standard InChI is InChI=1S/C15H12N3.C11H8N.Ir/c1-16-10-18-12-7-4-3-6-11(12)17(2)14-9-5-8-13(16)15(14)18;1-2-6-10(7-3-1)11-8-4-5-9-12-11;/h3-6,8-9H,1-2H3;1-6,8-9H;/q+1;-1;. The van der Waals surface area contributed by atoms with E-state index in [1.165, 1.54) is 17.1 Å². The van der Waals surface area contributed by atoms with E-state index in [1.807, 2.05) is 66.2 Å². The second kappa shape index (κ2) is 8.79. The summed E-state index contributed by atoms with van der Waals surface area (Å²) in [6, 6.07) is 35.9. The van der Waals surface area contributed by atoms with Crippen molar-refractivity contribution in [2.75, 3.05) is 19.0 Å². The number of nitrogens with zero attached hydrogens (tertiary/aromatic N) is 4. The average Bonchev–Trinajstić information content (AvgIpc) is 3.16. The maximum Gasteiger partial charge on any atom is 0.494 e. The van der Waals surface area contributed by atoms with Crippen LogP contribution in [-0.4, -0.2) is 29.7 Å². The van der Waals surface area contributed by atoms with Gasteiger partial charge in [0.15, 0.2) is 7.05 Å². The maximum absolute atomic E-state index is 4.22. The van der Waals surface area contributed by atoms with E-state index in [-0.39, 0.29) is 20.1 Å². The van der Waals surface area contributed by atoms with Gasteiger partial charge in [0.2, 0.25) is 0 Å². The molecule has 5 heteroatoms. The molecule has 2 aliphatic rings. The average molecular weight is 581 g/mol. The van der Waals surface area contributed by atoms with Crippen LogP contribution in [0, 0.1) is 12.1 Å². The Balaban J connectivity index is 0.000000156. The van der Waals surface area contributed by atoms with Gasteiger partial charge in [-0.1, -0.05) is 27.4 Å². The van der Waals surface area contributed by atoms with Crippen LogP contribution in [0.3, 0.4) is 0 Å². The van der Waals surface area contributed by atoms with E-state index in [2.05, 4.69) is 63.9 Å². The predicted molar refractivity (Wildman–Crippen MR) is 121 cm³/mol. The number of aromatic nitrogens is 1. The van der Waals surface area contributed by atoms with E-state index in [4.69, 9.17) is 0 Å². The minimum absolute atomic E-state index is 0. The molecule has 4 aromatic rings. The van der Waals surface area contributed by atoms with E-state index in [9.17, 15) is 0 Å². The Morgan fingerprint density at radius 1 is 0.871 bits per heavy atom. The van der Waals surface area contributed by atoms with Gasteiger partial charge in [0.1, 0.15) is 11.4 Å². The largest absolute Gasteiger partial charge is 0.494 e. The van der Waals surface area contributed by atoms with Gasteiger partial charge in [0.25, 0.3) is 5.69 Å². The number of anilines is 2. The molecule has 1 aromatic heterocycles. The van der Waals surface area contributed by atoms with Crippen molar-refractivity contribution >= 4 is 34.4 Å². The molecule has 153 valence electrons. The second-order valence-corrected chi connectivity index (χ2v) is 7.09. The van der Waals surface area contributed by atoms with Crippen molar-refractivity contribution in [2.24, 2.45) is 0 Å². The van der Waals surface area contributed by atoms with Crippen LogP contribution in [0.5, 0.6) is 0 Å². The summed E-state index contributed by atoms with van der Waals surface area (Å²) in [4.78, 5) is 6.43. The van der Waals surface area contributed by atoms with E-state index in [1.54, 1.807) is 6.20 Å². The first kappa shape index (κ1) is 20.9. The molecule has 0 aliphatic carbocycles. The zero-order valence-electron chi connectivity index (χ0n) is 17.2. The summed E-state index contributed by atoms with van der Waals surface area (Å²) < 4.78 is 4.13. The van der Waals surface area contributed by atoms with E-state index in [0.29, 0.717) is 0 Å². The first-order chi connectivity index (χ1) is 14.7. The van der Waals surface area contributed by atoms with Gasteiger partial charge in [-0.25, -0.2) is 0 Å². The monoisotopic (exact) mass is 581 g/mol. The van der Waals surface area contributed by atoms with Crippen molar-refractivity contribution < 1.29 is 24.7 Å². The molecular weight excluding hydrogens is 561 g/mol. The van der Waals surface area contributed by atoms with Crippen LogP contribution in [0.2, 0.25) is 0 Å². The molecule has 0 saturated carbocycles. The molecule has 6 rings (SSSR count). The van der Waals surface area contributed by atoms with Crippen LogP contribution < -0.4 is 9.48 Å². The molecule has 0 saturated heterocycles. The van der Waals surface area contributed by atoms with Crippen molar-refractivity contribution in [3.05, 3.63) is 97.2 Å². The van der Waals surface area contributed by atoms with Gasteiger partial charge in [0.05, 0.1) is 0 Å². The molecule has 2 aliphatic heterocycles. The molecule has 0 fully saturated rings. The van der Waals surface area contributed by atoms with Crippen molar-refractivity contribution in [3.8, 4) is 11.3 Å². The third kappa shape index (κ3) is 3.75. The summed E-state index contributed by atoms with van der Waals surface area (Å²) in [7, 11) is 4.12. The number of benzene rings is 3. The van der Waals surface area contributed by atoms with Crippen molar-refractivity contribution in [3.63, 3.8) is 0 Å². The molecular formula is C26H20IrN4. The fraction of sp³-hybridized carbons (Fsp3) is 0.0769. The predicted octanol–water partition coefficient (Wildman–Crippen LogP) is 5.41. The Morgan fingerprint density at radius 2 is 1.68 bits per heavy atom. The molecule has 1 radical (unpaired) electrons. The Kier molecular flexibility index (Phi) is 5.92. The van der Waals surface area contributed by atoms with Crippen LogP contribution in [0.1, 0.15) is 0 Å². The molecule has 0 unspecified atom stereocenters. The normalized spacial score (nSPS) is 12.4. The van der Waals surface area contributed by atoms with Crippen LogP contribution >= 0.6 is 0 Å². The molecule has 0 bridgehead atoms. The van der Waals surface area contributed by atoms with E-state index in [0.717, 1.165) is 22.6 Å². The maximum atomic E-state index is 4.22. The number of hydrogen-bond donors (Lipinski definition) is 0. The number of hydrogen-bond acceptors (Lipinski definition) is 2. The number of rotatable bonds is 1. The molecule has 31 heavy (non-hydrogen) atoms. The SMILES string of the molecule is CN1c2ccc[c-]c2[N+]2=C=[N+](C)c3cccc1c32.[Ir].[c-]1ccccc1-c1ccccn1. The molecule has 3 heterocycles. The number of fused-ring (bicyclic) bond motifs is 2. The fourth-order valence-corrected chi connectivity index (χ4v) is 3.78. The van der Waals surface area contributed by atoms with Crippen LogP contribution in [0.25, 0.3) is 11.3 Å². The van der Waals surface area contributed by atoms with Gasteiger partial charge in [-0.15, -0.1) is 48.0 Å². The van der Waals surface area contributed by atoms with Crippen molar-refractivity contribution in [2.45, 2.75) is 0 Å². The fourth-order valence-electron chi connectivity index (χ4n) is 3.78. The zero-order valence-corrected chi connectivity index (χ0v) is 19.6. The van der Waals surface area contributed by atoms with Crippen LogP contribution in [0.4, 0.5) is 28.4 Å². The third-order valence-corrected chi connectivity index (χ3v) is 5.24. The molecule has 0 amide bonds. The summed E-state index contributed by atoms with van der Waals surface area (Å²) in [5.41, 5.74) is 7.81. The summed E-state index contributed by atoms with van der Waals surface area (Å²) in [6.45, 7) is 0. The van der Waals surface area contributed by atoms with E-state index < -0.39 is 0 Å². The first-order valence-corrected chi connectivity index (χ1v) is 9.80. The van der Waals surface area contributed by atoms with Gasteiger partial charge < -0.3 is 9.88 Å². The summed E-state index contributed by atoms with van der Waals surface area (Å²) in [6.07, 6.45) is 1.79. The summed E-state index contributed by atoms with van der Waals surface area (Å²) in [5.74, 6) is 0. The van der Waals surface area contributed by atoms with Gasteiger partial charge in [0, 0.05) is 38.1 Å². The summed E-state index contributed by atoms with van der Waals surface area (Å²) in [5, 5.41) is 0. The molecule has 4 nitrogen and oxygen atoms in total. The minimum atomic E-state index is 0. The van der Waals surface area contributed by atoms with Crippen LogP contribution in [-0.2, 0) is 20.1 Å². The molecule has 3 aromatic carbocycles. The summed E-state index contributed by atoms with van der Waals surface area (Å²) >= 11 is 0. The number of para-hydroxylation sites is 2. The van der Waals surface area contributed by atoms with Gasteiger partial charge in [-0.2, -0.15) is 12.1 Å². The second-order valence-electron chi connectivity index (χ2n) is 7.09. The van der Waals surface area contributed by atoms with Crippen molar-refractivity contribution in [1.29, 1.82) is 0 Å². The van der Waals surface area contributed by atoms with Crippen LogP contribution in [0.15, 0.2) is 85.1 Å². The van der Waals surface area contributed by atoms with E-state index >= 15 is 0 Å². The molecule has 0 atom stereocenters. The zero-order chi connectivity index (χ0) is 20.5. The first-order valence-electron chi connectivity index (χ1n) is 9.80. The smallest absolute Gasteiger partial charge is 0.386 e. The number of pyridine rings is 1. The Bertz CT molecular complexity index is 1260. The molecule has 0 N–H and O–H groups in total. The Labute approximate surface area is 195 Å². The minimum Gasteiger partial charge on any atom is -0.386 e. The topological polar surface area (TPSA) is 22.1 Å². The van der Waals surface area contributed by atoms with Gasteiger partial charge in [-0.05, 0) is 24.9 Å².